The average molecular weight is 294 g/mol. The van der Waals surface area contributed by atoms with Crippen LogP contribution in [0.4, 0.5) is 4.79 Å². The third-order valence-electron chi connectivity index (χ3n) is 3.39. The normalized spacial score (nSPS) is 21.5. The van der Waals surface area contributed by atoms with E-state index in [0.29, 0.717) is 26.3 Å². The Balaban J connectivity index is 1.76. The highest BCUT2D eigenvalue weighted by Gasteiger charge is 2.34. The first-order valence-electron chi connectivity index (χ1n) is 7.02. The fourth-order valence-electron chi connectivity index (χ4n) is 2.22. The van der Waals surface area contributed by atoms with Gasteiger partial charge in [-0.15, -0.1) is 0 Å². The molecule has 1 aromatic carbocycles. The van der Waals surface area contributed by atoms with E-state index in [1.807, 2.05) is 30.3 Å². The highest BCUT2D eigenvalue weighted by Crippen LogP contribution is 2.14. The molecular weight excluding hydrogens is 272 g/mol. The van der Waals surface area contributed by atoms with Gasteiger partial charge in [0.05, 0.1) is 31.9 Å². The Hall–Kier alpha value is -1.63. The van der Waals surface area contributed by atoms with Crippen LogP contribution in [0.15, 0.2) is 30.3 Å². The Labute approximate surface area is 124 Å². The minimum Gasteiger partial charge on any atom is -0.445 e. The first-order chi connectivity index (χ1) is 10.2. The molecule has 116 valence electrons. The van der Waals surface area contributed by atoms with Crippen molar-refractivity contribution in [2.75, 3.05) is 33.4 Å². The van der Waals surface area contributed by atoms with E-state index in [0.717, 1.165) is 5.56 Å². The number of amides is 1. The summed E-state index contributed by atoms with van der Waals surface area (Å²) >= 11 is 0. The number of methoxy groups -OCH3 is 1. The molecule has 6 nitrogen and oxygen atoms in total. The molecule has 1 saturated heterocycles. The molecule has 0 unspecified atom stereocenters. The SMILES string of the molecule is COCCO[C@@H]1CN(C(=O)OCc2ccccc2)C[C@H]1N. The summed E-state index contributed by atoms with van der Waals surface area (Å²) in [4.78, 5) is 13.6. The second kappa shape index (κ2) is 7.97. The van der Waals surface area contributed by atoms with E-state index < -0.39 is 0 Å². The van der Waals surface area contributed by atoms with Gasteiger partial charge < -0.3 is 24.8 Å². The van der Waals surface area contributed by atoms with Crippen LogP contribution in [0.5, 0.6) is 0 Å². The van der Waals surface area contributed by atoms with Crippen molar-refractivity contribution in [3.8, 4) is 0 Å². The lowest BCUT2D eigenvalue weighted by Crippen LogP contribution is -2.35. The minimum absolute atomic E-state index is 0.163. The molecule has 0 aromatic heterocycles. The number of nitrogens with zero attached hydrogens (tertiary/aromatic N) is 1. The van der Waals surface area contributed by atoms with E-state index in [1.165, 1.54) is 0 Å². The van der Waals surface area contributed by atoms with Gasteiger partial charge in [0.25, 0.3) is 0 Å². The van der Waals surface area contributed by atoms with Crippen molar-refractivity contribution < 1.29 is 19.0 Å². The molecule has 1 heterocycles. The molecule has 1 aromatic rings. The fraction of sp³-hybridized carbons (Fsp3) is 0.533. The quantitative estimate of drug-likeness (QED) is 0.792. The van der Waals surface area contributed by atoms with Crippen LogP contribution < -0.4 is 5.73 Å². The molecule has 2 rings (SSSR count). The maximum absolute atomic E-state index is 12.0. The van der Waals surface area contributed by atoms with Gasteiger partial charge in [-0.1, -0.05) is 30.3 Å². The molecule has 1 fully saturated rings. The molecule has 0 radical (unpaired) electrons. The first kappa shape index (κ1) is 15.8. The van der Waals surface area contributed by atoms with Crippen molar-refractivity contribution in [1.82, 2.24) is 4.90 Å². The summed E-state index contributed by atoms with van der Waals surface area (Å²) in [7, 11) is 1.62. The van der Waals surface area contributed by atoms with Crippen LogP contribution in [-0.2, 0) is 20.8 Å². The largest absolute Gasteiger partial charge is 0.445 e. The van der Waals surface area contributed by atoms with Crippen LogP contribution in [0.1, 0.15) is 5.56 Å². The summed E-state index contributed by atoms with van der Waals surface area (Å²) in [6.07, 6.45) is -0.517. The monoisotopic (exact) mass is 294 g/mol. The first-order valence-corrected chi connectivity index (χ1v) is 7.02. The van der Waals surface area contributed by atoms with Crippen LogP contribution in [0.25, 0.3) is 0 Å². The van der Waals surface area contributed by atoms with Crippen LogP contribution in [0.3, 0.4) is 0 Å². The molecule has 0 saturated carbocycles. The van der Waals surface area contributed by atoms with E-state index >= 15 is 0 Å². The molecule has 1 amide bonds. The van der Waals surface area contributed by atoms with E-state index in [1.54, 1.807) is 12.0 Å². The van der Waals surface area contributed by atoms with E-state index in [9.17, 15) is 4.79 Å². The van der Waals surface area contributed by atoms with Gasteiger partial charge in [0.2, 0.25) is 0 Å². The number of benzene rings is 1. The van der Waals surface area contributed by atoms with E-state index in [2.05, 4.69) is 0 Å². The third kappa shape index (κ3) is 4.70. The van der Waals surface area contributed by atoms with Crippen LogP contribution >= 0.6 is 0 Å². The summed E-state index contributed by atoms with van der Waals surface area (Å²) in [6.45, 7) is 2.16. The molecular formula is C15H22N2O4. The van der Waals surface area contributed by atoms with Gasteiger partial charge in [0.1, 0.15) is 6.61 Å². The van der Waals surface area contributed by atoms with Crippen LogP contribution in [0.2, 0.25) is 0 Å². The van der Waals surface area contributed by atoms with Crippen molar-refractivity contribution in [1.29, 1.82) is 0 Å². The topological polar surface area (TPSA) is 74.0 Å². The zero-order chi connectivity index (χ0) is 15.1. The summed E-state index contributed by atoms with van der Waals surface area (Å²) in [5.41, 5.74) is 6.94. The van der Waals surface area contributed by atoms with Gasteiger partial charge in [-0.05, 0) is 5.56 Å². The zero-order valence-corrected chi connectivity index (χ0v) is 12.2. The number of rotatable bonds is 6. The second-order valence-electron chi connectivity index (χ2n) is 5.01. The lowest BCUT2D eigenvalue weighted by Gasteiger charge is -2.16. The summed E-state index contributed by atoms with van der Waals surface area (Å²) in [5, 5.41) is 0. The number of ether oxygens (including phenoxy) is 3. The Morgan fingerprint density at radius 1 is 1.29 bits per heavy atom. The van der Waals surface area contributed by atoms with Gasteiger partial charge in [0.15, 0.2) is 0 Å². The highest BCUT2D eigenvalue weighted by molar-refractivity contribution is 5.68. The van der Waals surface area contributed by atoms with Crippen LogP contribution in [0, 0.1) is 0 Å². The maximum Gasteiger partial charge on any atom is 0.410 e. The van der Waals surface area contributed by atoms with Crippen LogP contribution in [-0.4, -0.2) is 56.6 Å². The Morgan fingerprint density at radius 3 is 2.76 bits per heavy atom. The smallest absolute Gasteiger partial charge is 0.410 e. The number of hydrogen-bond donors (Lipinski definition) is 1. The third-order valence-corrected chi connectivity index (χ3v) is 3.39. The average Bonchev–Trinajstić information content (AvgIpc) is 2.87. The molecule has 6 heteroatoms. The molecule has 1 aliphatic heterocycles. The molecule has 1 aliphatic rings. The summed E-state index contributed by atoms with van der Waals surface area (Å²) < 4.78 is 15.8. The lowest BCUT2D eigenvalue weighted by atomic mass is 10.2. The van der Waals surface area contributed by atoms with Gasteiger partial charge in [0, 0.05) is 13.7 Å². The summed E-state index contributed by atoms with van der Waals surface area (Å²) in [6, 6.07) is 9.39. The number of carbonyl (C=O) groups is 1. The second-order valence-corrected chi connectivity index (χ2v) is 5.01. The van der Waals surface area contributed by atoms with Gasteiger partial charge in [-0.2, -0.15) is 0 Å². The lowest BCUT2D eigenvalue weighted by molar-refractivity contribution is 0.0155. The highest BCUT2D eigenvalue weighted by atomic mass is 16.6. The molecule has 0 aliphatic carbocycles. The standard InChI is InChI=1S/C15H22N2O4/c1-19-7-8-20-14-10-17(9-13(14)16)15(18)21-11-12-5-3-2-4-6-12/h2-6,13-14H,7-11,16H2,1H3/t13-,14-/m1/s1. The number of hydrogen-bond acceptors (Lipinski definition) is 5. The van der Waals surface area contributed by atoms with Gasteiger partial charge in [-0.3, -0.25) is 0 Å². The van der Waals surface area contributed by atoms with Gasteiger partial charge in [-0.25, -0.2) is 4.79 Å². The number of likely N-dealkylation sites (tertiary alicyclic amines) is 1. The Morgan fingerprint density at radius 2 is 2.05 bits per heavy atom. The Bertz CT molecular complexity index is 441. The molecule has 2 N–H and O–H groups in total. The van der Waals surface area contributed by atoms with E-state index in [4.69, 9.17) is 19.9 Å². The van der Waals surface area contributed by atoms with Crippen molar-refractivity contribution in [3.63, 3.8) is 0 Å². The zero-order valence-electron chi connectivity index (χ0n) is 12.2. The van der Waals surface area contributed by atoms with Crippen molar-refractivity contribution in [3.05, 3.63) is 35.9 Å². The molecule has 0 spiro atoms. The maximum atomic E-state index is 12.0. The number of carbonyl (C=O) groups excluding carboxylic acids is 1. The van der Waals surface area contributed by atoms with Crippen molar-refractivity contribution in [2.45, 2.75) is 18.8 Å². The summed E-state index contributed by atoms with van der Waals surface area (Å²) in [5.74, 6) is 0. The molecule has 2 atom stereocenters. The predicted octanol–water partition coefficient (Wildman–Crippen LogP) is 0.998. The minimum atomic E-state index is -0.354. The van der Waals surface area contributed by atoms with E-state index in [-0.39, 0.29) is 24.8 Å². The number of nitrogens with two attached hydrogens (primary N) is 1. The van der Waals surface area contributed by atoms with Crippen molar-refractivity contribution >= 4 is 6.09 Å². The molecule has 0 bridgehead atoms. The fourth-order valence-corrected chi connectivity index (χ4v) is 2.22. The molecule has 21 heavy (non-hydrogen) atoms. The van der Waals surface area contributed by atoms with Crippen molar-refractivity contribution in [2.24, 2.45) is 5.73 Å². The predicted molar refractivity (Wildman–Crippen MR) is 77.8 cm³/mol. The van der Waals surface area contributed by atoms with Gasteiger partial charge >= 0.3 is 6.09 Å². The Kier molecular flexibility index (Phi) is 5.98.